The molecule has 4 aromatic rings. The Labute approximate surface area is 483 Å². The van der Waals surface area contributed by atoms with Gasteiger partial charge in [0.05, 0.1) is 54.9 Å². The van der Waals surface area contributed by atoms with Crippen LogP contribution in [-0.2, 0) is 47.7 Å². The zero-order valence-corrected chi connectivity index (χ0v) is 49.3. The molecule has 5 saturated carbocycles. The molecule has 10 nitrogen and oxygen atoms in total. The molecular formula is C67H78Br2O10. The number of carbonyl (C=O) groups is 1. The topological polar surface area (TPSA) is 122 Å². The summed E-state index contributed by atoms with van der Waals surface area (Å²) in [6.45, 7) is 11.4. The standard InChI is InChI=1S/C27H29BrO4.C20H25BrO3.C20H24O3/c1-26-12-11-21-20-10-8-19(32-25(29)17-5-3-2-4-6-17)15-18(20)7-9-22(21)23(26)16-24(28)27(26)30-13-14-31-27;1-19-7-6-15-14-5-3-13(22)10-12(14)2-4-16(15)17(19)11-18(21)20(19)23-8-9-24-20;1-19-8-6-16-15-5-3-14(21)12-13(15)2-4-17(16)18(19)7-9-20(19)22-10-11-23-20/h2-6,8,10,15,21-24H,7,9,11-14,16H2,1H3;3,5,10,15-18,22H,2,4,6-9,11H2,1H3;3,5,7,9,12,16-18,21H,2,4,6,8,10-11H2,1H3/t21?,22?,23?,24?,26-;15?,16?,17?,18?,19-;16?,17?,18?,19-/m000/s1. The Hall–Kier alpha value is -3.59. The Bertz CT molecular complexity index is 3000. The van der Waals surface area contributed by atoms with Gasteiger partial charge in [-0.1, -0.05) is 95.1 Å². The molecule has 11 unspecified atom stereocenters. The lowest BCUT2D eigenvalue weighted by atomic mass is 9.54. The van der Waals surface area contributed by atoms with E-state index in [2.05, 4.69) is 89.0 Å². The van der Waals surface area contributed by atoms with Gasteiger partial charge >= 0.3 is 5.97 Å². The Morgan fingerprint density at radius 2 is 0.975 bits per heavy atom. The summed E-state index contributed by atoms with van der Waals surface area (Å²) in [6, 6.07) is 27.4. The molecule has 12 aliphatic rings. The summed E-state index contributed by atoms with van der Waals surface area (Å²) in [5, 5.41) is 19.6. The molecule has 3 spiro atoms. The molecule has 0 bridgehead atoms. The number of rotatable bonds is 2. The van der Waals surface area contributed by atoms with E-state index in [0.29, 0.717) is 107 Å². The zero-order chi connectivity index (χ0) is 54.1. The van der Waals surface area contributed by atoms with E-state index in [1.165, 1.54) is 65.5 Å². The number of hydrogen-bond donors (Lipinski definition) is 2. The number of phenols is 2. The maximum Gasteiger partial charge on any atom is 0.343 e. The predicted molar refractivity (Wildman–Crippen MR) is 308 cm³/mol. The van der Waals surface area contributed by atoms with Gasteiger partial charge in [-0.15, -0.1) is 0 Å². The molecule has 16 rings (SSSR count). The summed E-state index contributed by atoms with van der Waals surface area (Å²) in [6.07, 6.45) is 20.6. The largest absolute Gasteiger partial charge is 0.508 e. The minimum atomic E-state index is -0.474. The number of ether oxygens (including phenoxy) is 7. The van der Waals surface area contributed by atoms with Crippen molar-refractivity contribution in [1.82, 2.24) is 0 Å². The average Bonchev–Trinajstić information content (AvgIpc) is 3.88. The van der Waals surface area contributed by atoms with Gasteiger partial charge in [-0.25, -0.2) is 4.79 Å². The van der Waals surface area contributed by atoms with E-state index in [4.69, 9.17) is 33.2 Å². The third-order valence-corrected chi connectivity index (χ3v) is 25.1. The van der Waals surface area contributed by atoms with Crippen molar-refractivity contribution in [2.45, 2.75) is 155 Å². The minimum absolute atomic E-state index is 0.0570. The molecule has 4 aromatic carbocycles. The number of carbonyl (C=O) groups excluding carboxylic acids is 1. The first kappa shape index (κ1) is 53.4. The van der Waals surface area contributed by atoms with Crippen LogP contribution in [0.5, 0.6) is 17.2 Å². The number of aromatic hydroxyl groups is 2. The van der Waals surface area contributed by atoms with E-state index in [1.807, 2.05) is 48.5 Å². The Morgan fingerprint density at radius 3 is 1.49 bits per heavy atom. The number of esters is 1. The first-order chi connectivity index (χ1) is 38.2. The highest BCUT2D eigenvalue weighted by Crippen LogP contribution is 2.70. The molecule has 3 heterocycles. The van der Waals surface area contributed by atoms with Crippen LogP contribution in [0.4, 0.5) is 0 Å². The third kappa shape index (κ3) is 8.18. The number of allylic oxidation sites excluding steroid dienone is 1. The maximum absolute atomic E-state index is 12.5. The van der Waals surface area contributed by atoms with Crippen LogP contribution in [0.2, 0.25) is 0 Å². The summed E-state index contributed by atoms with van der Waals surface area (Å²) in [7, 11) is 0. The van der Waals surface area contributed by atoms with Crippen LogP contribution in [0.15, 0.2) is 97.1 Å². The van der Waals surface area contributed by atoms with Gasteiger partial charge in [-0.2, -0.15) is 0 Å². The van der Waals surface area contributed by atoms with Gasteiger partial charge in [0.15, 0.2) is 17.4 Å². The highest BCUT2D eigenvalue weighted by atomic mass is 79.9. The van der Waals surface area contributed by atoms with E-state index in [-0.39, 0.29) is 27.0 Å². The van der Waals surface area contributed by atoms with Crippen LogP contribution >= 0.6 is 31.9 Å². The maximum atomic E-state index is 12.5. The van der Waals surface area contributed by atoms with Crippen LogP contribution in [0.25, 0.3) is 0 Å². The monoisotopic (exact) mass is 1200 g/mol. The number of hydrogen-bond acceptors (Lipinski definition) is 10. The highest BCUT2D eigenvalue weighted by molar-refractivity contribution is 9.09. The summed E-state index contributed by atoms with van der Waals surface area (Å²) >= 11 is 7.87. The lowest BCUT2D eigenvalue weighted by Gasteiger charge is -2.52. The minimum Gasteiger partial charge on any atom is -0.508 e. The number of aryl methyl sites for hydroxylation is 3. The van der Waals surface area contributed by atoms with Crippen molar-refractivity contribution in [2.75, 3.05) is 39.6 Å². The summed E-state index contributed by atoms with van der Waals surface area (Å²) in [5.41, 5.74) is 9.24. The van der Waals surface area contributed by atoms with Crippen molar-refractivity contribution in [2.24, 2.45) is 51.8 Å². The fraction of sp³-hybridized carbons (Fsp3) is 0.597. The lowest BCUT2D eigenvalue weighted by molar-refractivity contribution is -0.233. The van der Waals surface area contributed by atoms with E-state index in [0.717, 1.165) is 71.0 Å². The quantitative estimate of drug-likeness (QED) is 0.0868. The Morgan fingerprint density at radius 1 is 0.532 bits per heavy atom. The average molecular weight is 1200 g/mol. The van der Waals surface area contributed by atoms with E-state index >= 15 is 0 Å². The molecule has 2 N–H and O–H groups in total. The summed E-state index contributed by atoms with van der Waals surface area (Å²) in [5.74, 6) is 5.36. The predicted octanol–water partition coefficient (Wildman–Crippen LogP) is 14.0. The van der Waals surface area contributed by atoms with Crippen molar-refractivity contribution in [3.63, 3.8) is 0 Å². The number of benzene rings is 4. The number of phenolic OH excluding ortho intramolecular Hbond substituents is 2. The molecule has 0 amide bonds. The van der Waals surface area contributed by atoms with Gasteiger partial charge in [-0.05, 0) is 231 Å². The number of alkyl halides is 2. The molecule has 3 saturated heterocycles. The summed E-state index contributed by atoms with van der Waals surface area (Å²) in [4.78, 5) is 13.0. The molecular weight excluding hydrogens is 1120 g/mol. The molecule has 8 fully saturated rings. The molecule has 9 aliphatic carbocycles. The normalized spacial score (nSPS) is 38.6. The first-order valence-corrected chi connectivity index (χ1v) is 31.9. The second-order valence-corrected chi connectivity index (χ2v) is 28.5. The molecule has 79 heavy (non-hydrogen) atoms. The SMILES string of the molecule is C[C@]12CCC3c4ccc(O)cc4CCC3C1C=CC21OCCO1.C[C@]12CCC3c4ccc(O)cc4CCC3C1CC(Br)C21OCCO1.C[C@]12CCC3c4ccc(OC(=O)c5ccccc5)cc4CCC3C1CC(Br)C21OCCO1. The first-order valence-electron chi connectivity index (χ1n) is 30.0. The molecule has 420 valence electrons. The van der Waals surface area contributed by atoms with Crippen LogP contribution in [0.3, 0.4) is 0 Å². The van der Waals surface area contributed by atoms with Gasteiger partial charge in [-0.3, -0.25) is 0 Å². The van der Waals surface area contributed by atoms with Gasteiger partial charge in [0.25, 0.3) is 0 Å². The fourth-order valence-corrected chi connectivity index (χ4v) is 21.9. The fourth-order valence-electron chi connectivity index (χ4n) is 19.5. The highest BCUT2D eigenvalue weighted by Gasteiger charge is 2.71. The molecule has 3 aliphatic heterocycles. The Kier molecular flexibility index (Phi) is 13.6. The van der Waals surface area contributed by atoms with Crippen molar-refractivity contribution in [3.8, 4) is 17.2 Å². The number of fused-ring (bicyclic) bond motifs is 18. The number of halogens is 2. The van der Waals surface area contributed by atoms with Gasteiger partial charge < -0.3 is 43.4 Å². The summed E-state index contributed by atoms with van der Waals surface area (Å²) < 4.78 is 43.0. The molecule has 14 atom stereocenters. The van der Waals surface area contributed by atoms with Crippen molar-refractivity contribution < 1.29 is 48.2 Å². The molecule has 12 heteroatoms. The Balaban J connectivity index is 0.000000109. The van der Waals surface area contributed by atoms with Crippen LogP contribution in [0, 0.1) is 51.8 Å². The lowest BCUT2D eigenvalue weighted by Crippen LogP contribution is -2.53. The van der Waals surface area contributed by atoms with Crippen LogP contribution in [0.1, 0.15) is 153 Å². The van der Waals surface area contributed by atoms with E-state index in [1.54, 1.807) is 12.1 Å². The molecule has 0 radical (unpaired) electrons. The third-order valence-electron chi connectivity index (χ3n) is 23.2. The van der Waals surface area contributed by atoms with Crippen molar-refractivity contribution in [3.05, 3.63) is 136 Å². The van der Waals surface area contributed by atoms with Gasteiger partial charge in [0, 0.05) is 16.2 Å². The van der Waals surface area contributed by atoms with Gasteiger partial charge in [0.2, 0.25) is 0 Å². The van der Waals surface area contributed by atoms with E-state index < -0.39 is 17.4 Å². The van der Waals surface area contributed by atoms with Crippen molar-refractivity contribution in [1.29, 1.82) is 0 Å². The molecule has 0 aromatic heterocycles. The van der Waals surface area contributed by atoms with Crippen molar-refractivity contribution >= 4 is 37.8 Å². The second kappa shape index (κ2) is 20.1. The second-order valence-electron chi connectivity index (χ2n) is 26.3. The smallest absolute Gasteiger partial charge is 0.343 e. The zero-order valence-electron chi connectivity index (χ0n) is 46.1. The van der Waals surface area contributed by atoms with Crippen LogP contribution in [-0.4, -0.2) is 82.8 Å². The van der Waals surface area contributed by atoms with Crippen LogP contribution < -0.4 is 4.74 Å². The van der Waals surface area contributed by atoms with Gasteiger partial charge in [0.1, 0.15) is 17.2 Å². The van der Waals surface area contributed by atoms with E-state index in [9.17, 15) is 15.0 Å².